The summed E-state index contributed by atoms with van der Waals surface area (Å²) in [4.78, 5) is 8.35. The summed E-state index contributed by atoms with van der Waals surface area (Å²) in [5.41, 5.74) is 1.81. The van der Waals surface area contributed by atoms with Crippen molar-refractivity contribution in [3.05, 3.63) is 17.6 Å². The van der Waals surface area contributed by atoms with Gasteiger partial charge in [0.2, 0.25) is 5.88 Å². The van der Waals surface area contributed by atoms with Crippen LogP contribution in [0.25, 0.3) is 0 Å². The minimum Gasteiger partial charge on any atom is -0.478 e. The van der Waals surface area contributed by atoms with Gasteiger partial charge >= 0.3 is 0 Å². The van der Waals surface area contributed by atoms with E-state index in [-0.39, 0.29) is 5.92 Å². The minimum atomic E-state index is -0.409. The molecule has 0 radical (unpaired) electrons. The average Bonchev–Trinajstić information content (AvgIpc) is 2.24. The van der Waals surface area contributed by atoms with Gasteiger partial charge in [0.25, 0.3) is 0 Å². The summed E-state index contributed by atoms with van der Waals surface area (Å²) < 4.78 is 5.42. The highest BCUT2D eigenvalue weighted by Gasteiger charge is 2.20. The summed E-state index contributed by atoms with van der Waals surface area (Å²) in [6, 6.07) is 0. The van der Waals surface area contributed by atoms with E-state index >= 15 is 0 Å². The van der Waals surface area contributed by atoms with Crippen molar-refractivity contribution in [1.82, 2.24) is 9.97 Å². The lowest BCUT2D eigenvalue weighted by Gasteiger charge is -2.20. The monoisotopic (exact) mass is 224 g/mol. The maximum atomic E-state index is 9.71. The maximum absolute atomic E-state index is 9.71. The van der Waals surface area contributed by atoms with E-state index < -0.39 is 6.10 Å². The Labute approximate surface area is 96.7 Å². The molecule has 1 aromatic heterocycles. The number of aromatic nitrogens is 2. The highest BCUT2D eigenvalue weighted by molar-refractivity contribution is 5.31. The van der Waals surface area contributed by atoms with Gasteiger partial charge in [-0.2, -0.15) is 0 Å². The number of ether oxygens (including phenoxy) is 1. The molecule has 0 bridgehead atoms. The minimum absolute atomic E-state index is 0.0437. The van der Waals surface area contributed by atoms with Crippen molar-refractivity contribution in [2.45, 2.75) is 46.1 Å². The van der Waals surface area contributed by atoms with E-state index in [1.165, 1.54) is 6.33 Å². The number of hydrogen-bond acceptors (Lipinski definition) is 4. The van der Waals surface area contributed by atoms with Gasteiger partial charge in [-0.1, -0.05) is 6.92 Å². The lowest BCUT2D eigenvalue weighted by atomic mass is 9.94. The molecule has 1 aromatic rings. The first-order chi connectivity index (χ1) is 7.61. The van der Waals surface area contributed by atoms with E-state index in [9.17, 15) is 5.11 Å². The van der Waals surface area contributed by atoms with Gasteiger partial charge in [0.05, 0.1) is 18.4 Å². The topological polar surface area (TPSA) is 55.2 Å². The smallest absolute Gasteiger partial charge is 0.219 e. The van der Waals surface area contributed by atoms with Crippen LogP contribution in [0.2, 0.25) is 0 Å². The maximum Gasteiger partial charge on any atom is 0.219 e. The van der Waals surface area contributed by atoms with E-state index in [0.29, 0.717) is 12.5 Å². The largest absolute Gasteiger partial charge is 0.478 e. The van der Waals surface area contributed by atoms with Gasteiger partial charge in [-0.15, -0.1) is 0 Å². The molecule has 2 atom stereocenters. The third-order valence-corrected chi connectivity index (χ3v) is 2.73. The SMILES string of the molecule is CCOc1ncnc(C(CC)C(C)O)c1C. The molecular weight excluding hydrogens is 204 g/mol. The van der Waals surface area contributed by atoms with Crippen LogP contribution in [0.1, 0.15) is 44.4 Å². The zero-order valence-electron chi connectivity index (χ0n) is 10.4. The highest BCUT2D eigenvalue weighted by atomic mass is 16.5. The lowest BCUT2D eigenvalue weighted by molar-refractivity contribution is 0.157. The fourth-order valence-corrected chi connectivity index (χ4v) is 1.87. The summed E-state index contributed by atoms with van der Waals surface area (Å²) in [6.45, 7) is 8.27. The van der Waals surface area contributed by atoms with Crippen molar-refractivity contribution in [3.63, 3.8) is 0 Å². The molecule has 0 amide bonds. The fourth-order valence-electron chi connectivity index (χ4n) is 1.87. The molecule has 4 nitrogen and oxygen atoms in total. The van der Waals surface area contributed by atoms with Crippen LogP contribution in [0, 0.1) is 6.92 Å². The predicted molar refractivity (Wildman–Crippen MR) is 62.7 cm³/mol. The lowest BCUT2D eigenvalue weighted by Crippen LogP contribution is -2.17. The summed E-state index contributed by atoms with van der Waals surface area (Å²) in [5, 5.41) is 9.71. The molecule has 90 valence electrons. The molecule has 0 aliphatic rings. The van der Waals surface area contributed by atoms with E-state index in [4.69, 9.17) is 4.74 Å². The van der Waals surface area contributed by atoms with Crippen molar-refractivity contribution in [2.75, 3.05) is 6.61 Å². The Kier molecular flexibility index (Phi) is 4.68. The Morgan fingerprint density at radius 1 is 1.38 bits per heavy atom. The molecule has 2 unspecified atom stereocenters. The first kappa shape index (κ1) is 12.9. The first-order valence-electron chi connectivity index (χ1n) is 5.74. The molecule has 1 heterocycles. The highest BCUT2D eigenvalue weighted by Crippen LogP contribution is 2.27. The molecule has 0 saturated carbocycles. The van der Waals surface area contributed by atoms with Crippen LogP contribution in [-0.4, -0.2) is 27.8 Å². The Balaban J connectivity index is 3.08. The molecule has 0 aliphatic heterocycles. The van der Waals surface area contributed by atoms with E-state index in [2.05, 4.69) is 9.97 Å². The first-order valence-corrected chi connectivity index (χ1v) is 5.74. The number of aliphatic hydroxyl groups is 1. The quantitative estimate of drug-likeness (QED) is 0.831. The second-order valence-electron chi connectivity index (χ2n) is 3.88. The Morgan fingerprint density at radius 3 is 2.56 bits per heavy atom. The van der Waals surface area contributed by atoms with Crippen LogP contribution in [0.3, 0.4) is 0 Å². The second kappa shape index (κ2) is 5.80. The molecule has 4 heteroatoms. The van der Waals surface area contributed by atoms with Gasteiger partial charge in [0, 0.05) is 11.5 Å². The van der Waals surface area contributed by atoms with Crippen LogP contribution >= 0.6 is 0 Å². The molecule has 0 spiro atoms. The molecule has 1 rings (SSSR count). The van der Waals surface area contributed by atoms with Crippen molar-refractivity contribution < 1.29 is 9.84 Å². The summed E-state index contributed by atoms with van der Waals surface area (Å²) in [7, 11) is 0. The number of rotatable bonds is 5. The number of aliphatic hydroxyl groups excluding tert-OH is 1. The Hall–Kier alpha value is -1.16. The van der Waals surface area contributed by atoms with Crippen molar-refractivity contribution in [1.29, 1.82) is 0 Å². The van der Waals surface area contributed by atoms with Crippen LogP contribution in [0.5, 0.6) is 5.88 Å². The van der Waals surface area contributed by atoms with Crippen LogP contribution in [0.15, 0.2) is 6.33 Å². The molecule has 0 aromatic carbocycles. The van der Waals surface area contributed by atoms with Gasteiger partial charge in [-0.3, -0.25) is 0 Å². The molecular formula is C12H20N2O2. The summed E-state index contributed by atoms with van der Waals surface area (Å²) in [6.07, 6.45) is 1.94. The molecule has 0 aliphatic carbocycles. The zero-order valence-corrected chi connectivity index (χ0v) is 10.4. The van der Waals surface area contributed by atoms with E-state index in [1.807, 2.05) is 20.8 Å². The molecule has 0 fully saturated rings. The van der Waals surface area contributed by atoms with Gasteiger partial charge < -0.3 is 9.84 Å². The fraction of sp³-hybridized carbons (Fsp3) is 0.667. The second-order valence-corrected chi connectivity index (χ2v) is 3.88. The molecule has 0 saturated heterocycles. The van der Waals surface area contributed by atoms with E-state index in [0.717, 1.165) is 17.7 Å². The zero-order chi connectivity index (χ0) is 12.1. The Bertz CT molecular complexity index is 340. The van der Waals surface area contributed by atoms with Gasteiger partial charge in [-0.05, 0) is 27.2 Å². The third-order valence-electron chi connectivity index (χ3n) is 2.73. The molecule has 1 N–H and O–H groups in total. The van der Waals surface area contributed by atoms with Crippen LogP contribution in [0.4, 0.5) is 0 Å². The van der Waals surface area contributed by atoms with Crippen LogP contribution in [-0.2, 0) is 0 Å². The van der Waals surface area contributed by atoms with E-state index in [1.54, 1.807) is 6.92 Å². The van der Waals surface area contributed by atoms with Crippen molar-refractivity contribution >= 4 is 0 Å². The standard InChI is InChI=1S/C12H20N2O2/c1-5-10(9(4)15)11-8(3)12(16-6-2)14-7-13-11/h7,9-10,15H,5-6H2,1-4H3. The number of hydrogen-bond donors (Lipinski definition) is 1. The number of nitrogens with zero attached hydrogens (tertiary/aromatic N) is 2. The van der Waals surface area contributed by atoms with Crippen molar-refractivity contribution in [3.8, 4) is 5.88 Å². The van der Waals surface area contributed by atoms with Gasteiger partial charge in [-0.25, -0.2) is 9.97 Å². The molecule has 16 heavy (non-hydrogen) atoms. The van der Waals surface area contributed by atoms with Crippen molar-refractivity contribution in [2.24, 2.45) is 0 Å². The van der Waals surface area contributed by atoms with Gasteiger partial charge in [0.15, 0.2) is 0 Å². The van der Waals surface area contributed by atoms with Crippen LogP contribution < -0.4 is 4.74 Å². The predicted octanol–water partition coefficient (Wildman–Crippen LogP) is 2.06. The summed E-state index contributed by atoms with van der Waals surface area (Å²) >= 11 is 0. The van der Waals surface area contributed by atoms with Gasteiger partial charge in [0.1, 0.15) is 6.33 Å². The summed E-state index contributed by atoms with van der Waals surface area (Å²) in [5.74, 6) is 0.661. The average molecular weight is 224 g/mol. The Morgan fingerprint density at radius 2 is 2.06 bits per heavy atom. The third kappa shape index (κ3) is 2.70. The normalized spacial score (nSPS) is 14.6.